The summed E-state index contributed by atoms with van der Waals surface area (Å²) in [4.78, 5) is 40.3. The smallest absolute Gasteiger partial charge is 0.326 e. The minimum Gasteiger partial charge on any atom is -0.326 e. The fourth-order valence-electron chi connectivity index (χ4n) is 4.30. The van der Waals surface area contributed by atoms with Crippen LogP contribution in [0.4, 0.5) is 13.2 Å². The minimum atomic E-state index is -5.26. The van der Waals surface area contributed by atoms with E-state index in [1.54, 1.807) is 27.7 Å². The van der Waals surface area contributed by atoms with Crippen molar-refractivity contribution < 1.29 is 27.6 Å². The molecule has 0 saturated carbocycles. The van der Waals surface area contributed by atoms with Crippen molar-refractivity contribution >= 4 is 40.8 Å². The highest BCUT2D eigenvalue weighted by Gasteiger charge is 2.71. The van der Waals surface area contributed by atoms with E-state index in [-0.39, 0.29) is 46.6 Å². The number of alkyl halides is 3. The number of carbonyl (C=O) groups is 3. The molecule has 1 atom stereocenters. The first-order chi connectivity index (χ1) is 14.6. The Morgan fingerprint density at radius 1 is 1.19 bits per heavy atom. The zero-order valence-electron chi connectivity index (χ0n) is 18.0. The molecule has 1 aromatic rings. The van der Waals surface area contributed by atoms with E-state index in [9.17, 15) is 27.6 Å². The lowest BCUT2D eigenvalue weighted by Gasteiger charge is -2.35. The molecule has 1 N–H and O–H groups in total. The highest BCUT2D eigenvalue weighted by molar-refractivity contribution is 6.36. The maximum atomic E-state index is 14.7. The SMILES string of the molecule is CC(C)CN1C(=O)C(NC(=O)c2ccc(Cl)cc2Cl)(C(F)(F)F)C2=C1CC(C)(C)CC2=O. The molecule has 1 aromatic carbocycles. The fourth-order valence-corrected chi connectivity index (χ4v) is 4.79. The molecule has 1 unspecified atom stereocenters. The van der Waals surface area contributed by atoms with E-state index in [4.69, 9.17) is 23.2 Å². The van der Waals surface area contributed by atoms with E-state index >= 15 is 0 Å². The van der Waals surface area contributed by atoms with Crippen molar-refractivity contribution in [1.82, 2.24) is 10.2 Å². The van der Waals surface area contributed by atoms with Crippen molar-refractivity contribution in [3.8, 4) is 0 Å². The van der Waals surface area contributed by atoms with E-state index in [1.807, 2.05) is 5.32 Å². The molecule has 10 heteroatoms. The normalized spacial score (nSPS) is 23.1. The third-order valence-corrected chi connectivity index (χ3v) is 6.12. The molecule has 0 fully saturated rings. The number of nitrogens with one attached hydrogen (secondary N) is 1. The highest BCUT2D eigenvalue weighted by Crippen LogP contribution is 2.52. The maximum absolute atomic E-state index is 14.7. The van der Waals surface area contributed by atoms with Crippen molar-refractivity contribution in [2.75, 3.05) is 6.54 Å². The molecule has 2 amide bonds. The summed E-state index contributed by atoms with van der Waals surface area (Å²) in [7, 11) is 0. The van der Waals surface area contributed by atoms with Gasteiger partial charge in [-0.3, -0.25) is 14.4 Å². The van der Waals surface area contributed by atoms with Crippen molar-refractivity contribution in [2.24, 2.45) is 11.3 Å². The topological polar surface area (TPSA) is 66.5 Å². The van der Waals surface area contributed by atoms with Gasteiger partial charge in [0.1, 0.15) is 0 Å². The second-order valence-corrected chi connectivity index (χ2v) is 10.2. The van der Waals surface area contributed by atoms with Crippen LogP contribution in [0.1, 0.15) is 50.9 Å². The van der Waals surface area contributed by atoms with Gasteiger partial charge in [-0.05, 0) is 36.0 Å². The van der Waals surface area contributed by atoms with Crippen LogP contribution in [-0.4, -0.2) is 40.8 Å². The fraction of sp³-hybridized carbons (Fsp3) is 0.500. The van der Waals surface area contributed by atoms with Gasteiger partial charge in [-0.15, -0.1) is 0 Å². The average molecular weight is 491 g/mol. The Balaban J connectivity index is 2.21. The number of nitrogens with zero attached hydrogens (tertiary/aromatic N) is 1. The van der Waals surface area contributed by atoms with E-state index in [0.717, 1.165) is 11.0 Å². The van der Waals surface area contributed by atoms with Crippen LogP contribution < -0.4 is 5.32 Å². The van der Waals surface area contributed by atoms with Crippen LogP contribution in [0, 0.1) is 11.3 Å². The van der Waals surface area contributed by atoms with Crippen LogP contribution in [0.3, 0.4) is 0 Å². The number of allylic oxidation sites excluding steroid dienone is 1. The highest BCUT2D eigenvalue weighted by atomic mass is 35.5. The van der Waals surface area contributed by atoms with Gasteiger partial charge in [0.05, 0.1) is 16.2 Å². The van der Waals surface area contributed by atoms with Crippen LogP contribution in [0.5, 0.6) is 0 Å². The molecule has 0 radical (unpaired) electrons. The van der Waals surface area contributed by atoms with Crippen LogP contribution >= 0.6 is 23.2 Å². The number of hydrogen-bond acceptors (Lipinski definition) is 3. The van der Waals surface area contributed by atoms with E-state index < -0.39 is 40.3 Å². The van der Waals surface area contributed by atoms with Gasteiger partial charge >= 0.3 is 6.18 Å². The van der Waals surface area contributed by atoms with Gasteiger partial charge in [0.2, 0.25) is 5.54 Å². The van der Waals surface area contributed by atoms with Crippen molar-refractivity contribution in [1.29, 1.82) is 0 Å². The quantitative estimate of drug-likeness (QED) is 0.633. The standard InChI is InChI=1S/C22H23Cl2F3N2O3/c1-11(2)10-29-15-8-20(3,4)9-16(30)17(15)21(19(29)32,22(25,26)27)28-18(31)13-6-5-12(23)7-14(13)24/h5-7,11H,8-10H2,1-4H3,(H,28,31). The summed E-state index contributed by atoms with van der Waals surface area (Å²) < 4.78 is 44.0. The number of hydrogen-bond donors (Lipinski definition) is 1. The Hall–Kier alpha value is -2.06. The van der Waals surface area contributed by atoms with Gasteiger partial charge in [0.15, 0.2) is 5.78 Å². The average Bonchev–Trinajstić information content (AvgIpc) is 2.83. The van der Waals surface area contributed by atoms with Gasteiger partial charge in [-0.25, -0.2) is 0 Å². The number of benzene rings is 1. The number of Topliss-reactive ketones (excluding diaryl/α,β-unsaturated/α-hetero) is 1. The lowest BCUT2D eigenvalue weighted by Crippen LogP contribution is -2.66. The molecule has 1 aliphatic heterocycles. The van der Waals surface area contributed by atoms with Crippen molar-refractivity contribution in [3.63, 3.8) is 0 Å². The largest absolute Gasteiger partial charge is 0.425 e. The van der Waals surface area contributed by atoms with E-state index in [2.05, 4.69) is 0 Å². The molecule has 0 bridgehead atoms. The maximum Gasteiger partial charge on any atom is 0.425 e. The van der Waals surface area contributed by atoms with Crippen LogP contribution in [0.25, 0.3) is 0 Å². The molecular weight excluding hydrogens is 468 g/mol. The Labute approximate surface area is 193 Å². The van der Waals surface area contributed by atoms with Crippen molar-refractivity contribution in [2.45, 2.75) is 52.3 Å². The Morgan fingerprint density at radius 3 is 2.34 bits per heavy atom. The molecule has 0 aromatic heterocycles. The summed E-state index contributed by atoms with van der Waals surface area (Å²) in [5.41, 5.74) is -5.08. The Morgan fingerprint density at radius 2 is 1.81 bits per heavy atom. The van der Waals surface area contributed by atoms with Crippen LogP contribution in [0.15, 0.2) is 29.5 Å². The molecule has 174 valence electrons. The third kappa shape index (κ3) is 4.03. The molecule has 1 aliphatic carbocycles. The second kappa shape index (κ2) is 8.06. The summed E-state index contributed by atoms with van der Waals surface area (Å²) in [6, 6.07) is 3.67. The summed E-state index contributed by atoms with van der Waals surface area (Å²) in [5, 5.41) is 1.87. The molecule has 3 rings (SSSR count). The Bertz CT molecular complexity index is 1030. The number of halogens is 5. The lowest BCUT2D eigenvalue weighted by molar-refractivity contribution is -0.190. The predicted molar refractivity (Wildman–Crippen MR) is 114 cm³/mol. The summed E-state index contributed by atoms with van der Waals surface area (Å²) >= 11 is 11.8. The van der Waals surface area contributed by atoms with Crippen LogP contribution in [-0.2, 0) is 9.59 Å². The van der Waals surface area contributed by atoms with Crippen molar-refractivity contribution in [3.05, 3.63) is 45.1 Å². The third-order valence-electron chi connectivity index (χ3n) is 5.57. The first kappa shape index (κ1) is 24.6. The molecule has 2 aliphatic rings. The zero-order chi connectivity index (χ0) is 24.2. The Kier molecular flexibility index (Phi) is 6.19. The minimum absolute atomic E-state index is 0.0174. The van der Waals surface area contributed by atoms with Gasteiger partial charge in [-0.2, -0.15) is 13.2 Å². The zero-order valence-corrected chi connectivity index (χ0v) is 19.5. The summed E-state index contributed by atoms with van der Waals surface area (Å²) in [6.07, 6.45) is -5.34. The van der Waals surface area contributed by atoms with Crippen LogP contribution in [0.2, 0.25) is 10.0 Å². The second-order valence-electron chi connectivity index (χ2n) is 9.40. The van der Waals surface area contributed by atoms with Gasteiger partial charge in [0, 0.05) is 23.7 Å². The van der Waals surface area contributed by atoms with E-state index in [1.165, 1.54) is 12.1 Å². The molecule has 5 nitrogen and oxygen atoms in total. The van der Waals surface area contributed by atoms with Gasteiger partial charge in [-0.1, -0.05) is 50.9 Å². The number of ketones is 1. The van der Waals surface area contributed by atoms with E-state index in [0.29, 0.717) is 0 Å². The lowest BCUT2D eigenvalue weighted by atomic mass is 9.72. The molecule has 32 heavy (non-hydrogen) atoms. The van der Waals surface area contributed by atoms with Gasteiger partial charge in [0.25, 0.3) is 11.8 Å². The number of carbonyl (C=O) groups excluding carboxylic acids is 3. The predicted octanol–water partition coefficient (Wildman–Crippen LogP) is 5.17. The summed E-state index contributed by atoms with van der Waals surface area (Å²) in [5.74, 6) is -3.59. The monoisotopic (exact) mass is 490 g/mol. The van der Waals surface area contributed by atoms with Gasteiger partial charge < -0.3 is 10.2 Å². The molecular formula is C22H23Cl2F3N2O3. The number of rotatable bonds is 4. The molecule has 0 saturated heterocycles. The number of amides is 2. The molecule has 0 spiro atoms. The first-order valence-electron chi connectivity index (χ1n) is 10.0. The molecule has 1 heterocycles. The summed E-state index contributed by atoms with van der Waals surface area (Å²) in [6.45, 7) is 7.00. The first-order valence-corrected chi connectivity index (χ1v) is 10.8.